The number of carbonyl (C=O) groups is 1. The first-order valence-corrected chi connectivity index (χ1v) is 6.95. The molecule has 0 aromatic carbocycles. The topological polar surface area (TPSA) is 40.5 Å². The molecule has 13 heavy (non-hydrogen) atoms. The Balaban J connectivity index is 2.50. The van der Waals surface area contributed by atoms with Gasteiger partial charge in [0.25, 0.3) is 0 Å². The van der Waals surface area contributed by atoms with Crippen molar-refractivity contribution in [2.45, 2.75) is 19.4 Å². The van der Waals surface area contributed by atoms with Crippen LogP contribution in [0.2, 0.25) is 0 Å². The van der Waals surface area contributed by atoms with E-state index < -0.39 is 5.97 Å². The third-order valence-corrected chi connectivity index (χ3v) is 4.48. The van der Waals surface area contributed by atoms with Gasteiger partial charge in [0.1, 0.15) is 6.04 Å². The summed E-state index contributed by atoms with van der Waals surface area (Å²) in [6.07, 6.45) is 0.699. The molecule has 0 radical (unpaired) electrons. The smallest absolute Gasteiger partial charge is 0.320 e. The Hall–Kier alpha value is 0.130. The van der Waals surface area contributed by atoms with Gasteiger partial charge in [-0.1, -0.05) is 28.5 Å². The van der Waals surface area contributed by atoms with Crippen LogP contribution in [0.25, 0.3) is 0 Å². The van der Waals surface area contributed by atoms with Gasteiger partial charge in [-0.3, -0.25) is 9.69 Å². The predicted octanol–water partition coefficient (Wildman–Crippen LogP) is 1.55. The Bertz CT molecular complexity index is 170. The van der Waals surface area contributed by atoms with E-state index in [0.717, 1.165) is 24.6 Å². The number of aliphatic carboxylic acids is 1. The van der Waals surface area contributed by atoms with Crippen LogP contribution >= 0.6 is 21.6 Å². The number of hydrogen-bond acceptors (Lipinski definition) is 4. The van der Waals surface area contributed by atoms with E-state index in [1.807, 2.05) is 28.5 Å². The van der Waals surface area contributed by atoms with E-state index in [-0.39, 0.29) is 6.04 Å². The molecule has 1 unspecified atom stereocenters. The average Bonchev–Trinajstić information content (AvgIpc) is 2.33. The Morgan fingerprint density at radius 3 is 2.38 bits per heavy atom. The van der Waals surface area contributed by atoms with Gasteiger partial charge in [-0.2, -0.15) is 0 Å². The van der Waals surface area contributed by atoms with E-state index in [0.29, 0.717) is 6.42 Å². The maximum absolute atomic E-state index is 10.9. The lowest BCUT2D eigenvalue weighted by molar-refractivity contribution is -0.143. The van der Waals surface area contributed by atoms with E-state index in [2.05, 4.69) is 4.90 Å². The summed E-state index contributed by atoms with van der Waals surface area (Å²) in [4.78, 5) is 13.0. The fraction of sp³-hybridized carbons (Fsp3) is 0.875. The molecule has 1 heterocycles. The van der Waals surface area contributed by atoms with E-state index >= 15 is 0 Å². The summed E-state index contributed by atoms with van der Waals surface area (Å²) in [7, 11) is 3.68. The molecule has 1 N–H and O–H groups in total. The van der Waals surface area contributed by atoms with E-state index in [9.17, 15) is 4.79 Å². The van der Waals surface area contributed by atoms with Gasteiger partial charge in [0.15, 0.2) is 0 Å². The lowest BCUT2D eigenvalue weighted by Crippen LogP contribution is -2.42. The minimum absolute atomic E-state index is 0.278. The third-order valence-electron chi connectivity index (χ3n) is 2.12. The number of nitrogens with zero attached hydrogens (tertiary/aromatic N) is 1. The van der Waals surface area contributed by atoms with Gasteiger partial charge in [0.2, 0.25) is 0 Å². The molecule has 0 aromatic heterocycles. The number of carboxylic acid groups (broad SMARTS) is 1. The van der Waals surface area contributed by atoms with E-state index in [1.165, 1.54) is 0 Å². The van der Waals surface area contributed by atoms with Crippen molar-refractivity contribution in [3.05, 3.63) is 0 Å². The van der Waals surface area contributed by atoms with Crippen LogP contribution in [-0.2, 0) is 4.79 Å². The molecule has 0 spiro atoms. The fourth-order valence-corrected chi connectivity index (χ4v) is 3.45. The normalized spacial score (nSPS) is 22.2. The summed E-state index contributed by atoms with van der Waals surface area (Å²) in [5.41, 5.74) is 0. The van der Waals surface area contributed by atoms with Crippen LogP contribution in [0.4, 0.5) is 0 Å². The Labute approximate surface area is 86.6 Å². The van der Waals surface area contributed by atoms with Crippen LogP contribution in [-0.4, -0.2) is 46.6 Å². The number of carboxylic acids is 1. The molecule has 0 saturated carbocycles. The SMILES string of the molecule is CCC(C(=O)O)N1CCSSCC1. The zero-order valence-electron chi connectivity index (χ0n) is 7.73. The first kappa shape index (κ1) is 11.2. The molecule has 0 aromatic rings. The zero-order chi connectivity index (χ0) is 9.68. The van der Waals surface area contributed by atoms with Crippen molar-refractivity contribution in [1.82, 2.24) is 4.90 Å². The summed E-state index contributed by atoms with van der Waals surface area (Å²) >= 11 is 0. The second kappa shape index (κ2) is 5.78. The molecule has 3 nitrogen and oxygen atoms in total. The van der Waals surface area contributed by atoms with Crippen LogP contribution in [0.1, 0.15) is 13.3 Å². The first-order valence-electron chi connectivity index (χ1n) is 4.47. The highest BCUT2D eigenvalue weighted by atomic mass is 33.1. The van der Waals surface area contributed by atoms with Crippen LogP contribution in [0, 0.1) is 0 Å². The standard InChI is InChI=1S/C8H15NO2S2/c1-2-7(8(10)11)9-3-5-12-13-6-4-9/h7H,2-6H2,1H3,(H,10,11). The van der Waals surface area contributed by atoms with Gasteiger partial charge in [-0.05, 0) is 6.42 Å². The van der Waals surface area contributed by atoms with Crippen molar-refractivity contribution in [3.8, 4) is 0 Å². The highest BCUT2D eigenvalue weighted by Gasteiger charge is 2.24. The summed E-state index contributed by atoms with van der Waals surface area (Å²) in [6, 6.07) is -0.278. The monoisotopic (exact) mass is 221 g/mol. The molecule has 1 saturated heterocycles. The molecule has 0 bridgehead atoms. The van der Waals surface area contributed by atoms with Crippen molar-refractivity contribution >= 4 is 27.6 Å². The molecular formula is C8H15NO2S2. The Kier molecular flexibility index (Phi) is 4.98. The lowest BCUT2D eigenvalue weighted by atomic mass is 10.2. The Morgan fingerprint density at radius 1 is 1.46 bits per heavy atom. The van der Waals surface area contributed by atoms with Gasteiger partial charge in [0, 0.05) is 24.6 Å². The largest absolute Gasteiger partial charge is 0.480 e. The second-order valence-electron chi connectivity index (χ2n) is 2.94. The molecule has 0 amide bonds. The van der Waals surface area contributed by atoms with Crippen LogP contribution in [0.15, 0.2) is 0 Å². The van der Waals surface area contributed by atoms with Gasteiger partial charge in [-0.25, -0.2) is 0 Å². The van der Waals surface area contributed by atoms with Crippen LogP contribution in [0.3, 0.4) is 0 Å². The molecule has 1 aliphatic rings. The number of rotatable bonds is 3. The van der Waals surface area contributed by atoms with E-state index in [1.54, 1.807) is 0 Å². The maximum Gasteiger partial charge on any atom is 0.320 e. The third kappa shape index (κ3) is 3.40. The second-order valence-corrected chi connectivity index (χ2v) is 5.64. The predicted molar refractivity (Wildman–Crippen MR) is 58.2 cm³/mol. The maximum atomic E-state index is 10.9. The van der Waals surface area contributed by atoms with Gasteiger partial charge in [-0.15, -0.1) is 0 Å². The van der Waals surface area contributed by atoms with Crippen molar-refractivity contribution < 1.29 is 9.90 Å². The van der Waals surface area contributed by atoms with Gasteiger partial charge >= 0.3 is 5.97 Å². The fourth-order valence-electron chi connectivity index (χ4n) is 1.44. The molecule has 1 fully saturated rings. The van der Waals surface area contributed by atoms with Gasteiger partial charge < -0.3 is 5.11 Å². The molecule has 1 rings (SSSR count). The summed E-state index contributed by atoms with van der Waals surface area (Å²) in [5.74, 6) is 1.39. The minimum atomic E-state index is -0.681. The van der Waals surface area contributed by atoms with Crippen molar-refractivity contribution in [2.75, 3.05) is 24.6 Å². The highest BCUT2D eigenvalue weighted by molar-refractivity contribution is 8.76. The lowest BCUT2D eigenvalue weighted by Gasteiger charge is -2.25. The quantitative estimate of drug-likeness (QED) is 0.732. The summed E-state index contributed by atoms with van der Waals surface area (Å²) < 4.78 is 0. The molecule has 1 aliphatic heterocycles. The average molecular weight is 221 g/mol. The molecule has 0 aliphatic carbocycles. The van der Waals surface area contributed by atoms with E-state index in [4.69, 9.17) is 5.11 Å². The van der Waals surface area contributed by atoms with Crippen molar-refractivity contribution in [1.29, 1.82) is 0 Å². The summed E-state index contributed by atoms with van der Waals surface area (Å²) in [6.45, 7) is 3.74. The number of hydrogen-bond donors (Lipinski definition) is 1. The highest BCUT2D eigenvalue weighted by Crippen LogP contribution is 2.25. The van der Waals surface area contributed by atoms with Crippen LogP contribution < -0.4 is 0 Å². The van der Waals surface area contributed by atoms with Gasteiger partial charge in [0.05, 0.1) is 0 Å². The molecule has 76 valence electrons. The molecular weight excluding hydrogens is 206 g/mol. The molecule has 5 heteroatoms. The Morgan fingerprint density at radius 2 is 2.00 bits per heavy atom. The zero-order valence-corrected chi connectivity index (χ0v) is 9.37. The summed E-state index contributed by atoms with van der Waals surface area (Å²) in [5, 5.41) is 8.96. The first-order chi connectivity index (χ1) is 6.25. The molecule has 1 atom stereocenters. The van der Waals surface area contributed by atoms with Crippen LogP contribution in [0.5, 0.6) is 0 Å². The van der Waals surface area contributed by atoms with Crippen molar-refractivity contribution in [3.63, 3.8) is 0 Å². The minimum Gasteiger partial charge on any atom is -0.480 e. The van der Waals surface area contributed by atoms with Crippen molar-refractivity contribution in [2.24, 2.45) is 0 Å².